The number of hydrogen-bond donors (Lipinski definition) is 2. The van der Waals surface area contributed by atoms with Crippen LogP contribution >= 0.6 is 0 Å². The molecule has 0 bridgehead atoms. The fourth-order valence-corrected chi connectivity index (χ4v) is 2.26. The third kappa shape index (κ3) is 2.76. The summed E-state index contributed by atoms with van der Waals surface area (Å²) in [4.78, 5) is 16.8. The Labute approximate surface area is 127 Å². The topological polar surface area (TPSA) is 83.8 Å². The average molecular weight is 296 g/mol. The predicted molar refractivity (Wildman–Crippen MR) is 80.3 cm³/mol. The molecule has 112 valence electrons. The van der Waals surface area contributed by atoms with Crippen molar-refractivity contribution >= 4 is 5.91 Å². The van der Waals surface area contributed by atoms with Crippen LogP contribution in [0.1, 0.15) is 39.4 Å². The summed E-state index contributed by atoms with van der Waals surface area (Å²) in [5.74, 6) is 1.58. The Balaban J connectivity index is 1.93. The normalized spacial score (nSPS) is 12.1. The third-order valence-electron chi connectivity index (χ3n) is 3.38. The number of amides is 1. The van der Waals surface area contributed by atoms with E-state index in [1.165, 1.54) is 6.26 Å². The van der Waals surface area contributed by atoms with Crippen molar-refractivity contribution in [1.29, 1.82) is 0 Å². The average Bonchev–Trinajstić information content (AvgIpc) is 3.14. The Kier molecular flexibility index (Phi) is 3.74. The zero-order chi connectivity index (χ0) is 15.5. The molecule has 0 aliphatic carbocycles. The Hall–Kier alpha value is -2.89. The summed E-state index contributed by atoms with van der Waals surface area (Å²) < 4.78 is 5.18. The summed E-state index contributed by atoms with van der Waals surface area (Å²) in [6.07, 6.45) is 1.50. The number of furan rings is 1. The number of aromatic amines is 1. The highest BCUT2D eigenvalue weighted by atomic mass is 16.3. The smallest absolute Gasteiger partial charge is 0.255 e. The maximum atomic E-state index is 12.5. The second-order valence-electron chi connectivity index (χ2n) is 4.99. The molecule has 0 aliphatic rings. The van der Waals surface area contributed by atoms with Gasteiger partial charge in [0.25, 0.3) is 5.91 Å². The lowest BCUT2D eigenvalue weighted by molar-refractivity contribution is 0.0940. The molecule has 1 amide bonds. The number of carbonyl (C=O) groups excluding carboxylic acids is 1. The van der Waals surface area contributed by atoms with Crippen molar-refractivity contribution in [3.05, 3.63) is 71.2 Å². The molecule has 0 radical (unpaired) electrons. The van der Waals surface area contributed by atoms with Crippen LogP contribution in [0.25, 0.3) is 0 Å². The van der Waals surface area contributed by atoms with Gasteiger partial charge in [-0.05, 0) is 25.5 Å². The molecule has 0 fully saturated rings. The predicted octanol–water partition coefficient (Wildman–Crippen LogP) is 2.53. The van der Waals surface area contributed by atoms with Gasteiger partial charge in [-0.25, -0.2) is 4.98 Å². The van der Waals surface area contributed by atoms with Gasteiger partial charge in [-0.1, -0.05) is 30.3 Å². The van der Waals surface area contributed by atoms with E-state index < -0.39 is 6.04 Å². The van der Waals surface area contributed by atoms with Crippen LogP contribution in [0, 0.1) is 13.8 Å². The van der Waals surface area contributed by atoms with Gasteiger partial charge in [0, 0.05) is 0 Å². The van der Waals surface area contributed by atoms with Crippen LogP contribution in [0.2, 0.25) is 0 Å². The van der Waals surface area contributed by atoms with E-state index in [-0.39, 0.29) is 5.91 Å². The van der Waals surface area contributed by atoms with Crippen molar-refractivity contribution in [3.8, 4) is 0 Å². The molecular weight excluding hydrogens is 280 g/mol. The molecule has 3 aromatic rings. The molecule has 1 aromatic carbocycles. The van der Waals surface area contributed by atoms with Crippen LogP contribution in [-0.4, -0.2) is 21.1 Å². The number of rotatable bonds is 4. The molecule has 0 saturated heterocycles. The van der Waals surface area contributed by atoms with Gasteiger partial charge < -0.3 is 9.73 Å². The van der Waals surface area contributed by atoms with Crippen molar-refractivity contribution in [2.45, 2.75) is 19.9 Å². The SMILES string of the molecule is Cc1nc([C@@H](NC(=O)c2ccoc2C)c2ccccc2)n[nH]1. The molecule has 2 aromatic heterocycles. The fraction of sp³-hybridized carbons (Fsp3) is 0.188. The second kappa shape index (κ2) is 5.85. The molecule has 0 unspecified atom stereocenters. The van der Waals surface area contributed by atoms with Gasteiger partial charge in [-0.3, -0.25) is 9.89 Å². The van der Waals surface area contributed by atoms with E-state index in [4.69, 9.17) is 4.42 Å². The van der Waals surface area contributed by atoms with E-state index in [0.29, 0.717) is 23.0 Å². The van der Waals surface area contributed by atoms with E-state index in [2.05, 4.69) is 20.5 Å². The highest BCUT2D eigenvalue weighted by molar-refractivity contribution is 5.95. The van der Waals surface area contributed by atoms with Gasteiger partial charge >= 0.3 is 0 Å². The van der Waals surface area contributed by atoms with Crippen molar-refractivity contribution < 1.29 is 9.21 Å². The molecule has 22 heavy (non-hydrogen) atoms. The van der Waals surface area contributed by atoms with Gasteiger partial charge in [0.15, 0.2) is 5.82 Å². The molecule has 0 spiro atoms. The quantitative estimate of drug-likeness (QED) is 0.775. The minimum Gasteiger partial charge on any atom is -0.469 e. The van der Waals surface area contributed by atoms with E-state index in [0.717, 1.165) is 5.56 Å². The summed E-state index contributed by atoms with van der Waals surface area (Å²) in [6.45, 7) is 3.57. The number of carbonyl (C=O) groups is 1. The number of hydrogen-bond acceptors (Lipinski definition) is 4. The lowest BCUT2D eigenvalue weighted by Gasteiger charge is -2.16. The molecule has 6 heteroatoms. The van der Waals surface area contributed by atoms with Gasteiger partial charge in [0.05, 0.1) is 11.8 Å². The van der Waals surface area contributed by atoms with Crippen LogP contribution in [-0.2, 0) is 0 Å². The molecule has 0 aliphatic heterocycles. The summed E-state index contributed by atoms with van der Waals surface area (Å²) in [5, 5.41) is 9.94. The molecule has 6 nitrogen and oxygen atoms in total. The summed E-state index contributed by atoms with van der Waals surface area (Å²) in [6, 6.07) is 10.8. The maximum Gasteiger partial charge on any atom is 0.255 e. The first-order chi connectivity index (χ1) is 10.6. The van der Waals surface area contributed by atoms with E-state index >= 15 is 0 Å². The van der Waals surface area contributed by atoms with Crippen LogP contribution in [0.4, 0.5) is 0 Å². The Morgan fingerprint density at radius 3 is 2.59 bits per heavy atom. The highest BCUT2D eigenvalue weighted by Crippen LogP contribution is 2.20. The fourth-order valence-electron chi connectivity index (χ4n) is 2.26. The number of aryl methyl sites for hydroxylation is 2. The zero-order valence-electron chi connectivity index (χ0n) is 12.3. The summed E-state index contributed by atoms with van der Waals surface area (Å²) in [5.41, 5.74) is 1.42. The molecule has 2 heterocycles. The van der Waals surface area contributed by atoms with E-state index in [9.17, 15) is 4.79 Å². The number of H-pyrrole nitrogens is 1. The molecule has 1 atom stereocenters. The number of nitrogens with zero attached hydrogens (tertiary/aromatic N) is 2. The largest absolute Gasteiger partial charge is 0.469 e. The van der Waals surface area contributed by atoms with Crippen molar-refractivity contribution in [2.75, 3.05) is 0 Å². The minimum atomic E-state index is -0.423. The zero-order valence-corrected chi connectivity index (χ0v) is 12.3. The molecule has 3 rings (SSSR count). The lowest BCUT2D eigenvalue weighted by atomic mass is 10.1. The van der Waals surface area contributed by atoms with Gasteiger partial charge in [-0.15, -0.1) is 0 Å². The Morgan fingerprint density at radius 1 is 1.23 bits per heavy atom. The van der Waals surface area contributed by atoms with Crippen LogP contribution < -0.4 is 5.32 Å². The Morgan fingerprint density at radius 2 is 2.00 bits per heavy atom. The van der Waals surface area contributed by atoms with Crippen LogP contribution in [0.5, 0.6) is 0 Å². The van der Waals surface area contributed by atoms with Crippen molar-refractivity contribution in [3.63, 3.8) is 0 Å². The lowest BCUT2D eigenvalue weighted by Crippen LogP contribution is -2.30. The number of aromatic nitrogens is 3. The minimum absolute atomic E-state index is 0.220. The van der Waals surface area contributed by atoms with Crippen molar-refractivity contribution in [2.24, 2.45) is 0 Å². The van der Waals surface area contributed by atoms with Crippen LogP contribution in [0.15, 0.2) is 47.1 Å². The standard InChI is InChI=1S/C16H16N4O2/c1-10-13(8-9-22-10)16(21)18-14(12-6-4-3-5-7-12)15-17-11(2)19-20-15/h3-9,14H,1-2H3,(H,18,21)(H,17,19,20)/t14-/m0/s1. The van der Waals surface area contributed by atoms with E-state index in [1.807, 2.05) is 37.3 Å². The first-order valence-corrected chi connectivity index (χ1v) is 6.94. The number of nitrogens with one attached hydrogen (secondary N) is 2. The second-order valence-corrected chi connectivity index (χ2v) is 4.99. The first-order valence-electron chi connectivity index (χ1n) is 6.94. The van der Waals surface area contributed by atoms with Gasteiger partial charge in [-0.2, -0.15) is 5.10 Å². The maximum absolute atomic E-state index is 12.5. The van der Waals surface area contributed by atoms with Gasteiger partial charge in [0.1, 0.15) is 17.6 Å². The highest BCUT2D eigenvalue weighted by Gasteiger charge is 2.22. The number of benzene rings is 1. The van der Waals surface area contributed by atoms with E-state index in [1.54, 1.807) is 13.0 Å². The molecule has 2 N–H and O–H groups in total. The summed E-state index contributed by atoms with van der Waals surface area (Å²) >= 11 is 0. The first kappa shape index (κ1) is 14.1. The molecular formula is C16H16N4O2. The van der Waals surface area contributed by atoms with Crippen molar-refractivity contribution in [1.82, 2.24) is 20.5 Å². The molecule has 0 saturated carbocycles. The Bertz CT molecular complexity index is 776. The third-order valence-corrected chi connectivity index (χ3v) is 3.38. The van der Waals surface area contributed by atoms with Gasteiger partial charge in [0.2, 0.25) is 0 Å². The monoisotopic (exact) mass is 296 g/mol. The summed E-state index contributed by atoms with van der Waals surface area (Å²) in [7, 11) is 0. The van der Waals surface area contributed by atoms with Crippen LogP contribution in [0.3, 0.4) is 0 Å².